The van der Waals surface area contributed by atoms with Crippen LogP contribution in [0.5, 0.6) is 11.5 Å². The van der Waals surface area contributed by atoms with E-state index in [-0.39, 0.29) is 5.97 Å². The molecule has 4 rings (SSSR count). The summed E-state index contributed by atoms with van der Waals surface area (Å²) in [4.78, 5) is 19.6. The van der Waals surface area contributed by atoms with Gasteiger partial charge in [-0.05, 0) is 12.8 Å². The lowest BCUT2D eigenvalue weighted by Crippen LogP contribution is -2.23. The molecule has 2 heterocycles. The predicted octanol–water partition coefficient (Wildman–Crippen LogP) is 1.54. The molecule has 0 atom stereocenters. The van der Waals surface area contributed by atoms with Gasteiger partial charge in [0.25, 0.3) is 0 Å². The molecule has 104 valence electrons. The summed E-state index contributed by atoms with van der Waals surface area (Å²) in [5.74, 6) is 1.85. The van der Waals surface area contributed by atoms with Crippen molar-refractivity contribution in [2.75, 3.05) is 20.3 Å². The number of H-pyrrole nitrogens is 1. The number of methoxy groups -OCH3 is 1. The lowest BCUT2D eigenvalue weighted by molar-refractivity contribution is -0.143. The molecule has 1 aromatic carbocycles. The summed E-state index contributed by atoms with van der Waals surface area (Å²) >= 11 is 0. The maximum Gasteiger partial charge on any atom is 0.319 e. The van der Waals surface area contributed by atoms with Crippen molar-refractivity contribution in [1.29, 1.82) is 0 Å². The summed E-state index contributed by atoms with van der Waals surface area (Å²) in [6, 6.07) is 3.71. The van der Waals surface area contributed by atoms with E-state index in [4.69, 9.17) is 14.2 Å². The van der Waals surface area contributed by atoms with Gasteiger partial charge in [-0.3, -0.25) is 4.79 Å². The maximum absolute atomic E-state index is 11.9. The number of ether oxygens (including phenoxy) is 3. The lowest BCUT2D eigenvalue weighted by Gasteiger charge is -2.17. The van der Waals surface area contributed by atoms with Crippen LogP contribution in [-0.4, -0.2) is 36.3 Å². The van der Waals surface area contributed by atoms with Crippen LogP contribution in [0.3, 0.4) is 0 Å². The molecule has 1 N–H and O–H groups in total. The number of hydrogen-bond donors (Lipinski definition) is 1. The average Bonchev–Trinajstić information content (AvgIpc) is 3.19. The molecule has 20 heavy (non-hydrogen) atoms. The fourth-order valence-electron chi connectivity index (χ4n) is 2.63. The number of esters is 1. The second-order valence-electron chi connectivity index (χ2n) is 5.17. The summed E-state index contributed by atoms with van der Waals surface area (Å²) < 4.78 is 16.0. The zero-order valence-corrected chi connectivity index (χ0v) is 11.1. The highest BCUT2D eigenvalue weighted by Gasteiger charge is 2.55. The van der Waals surface area contributed by atoms with Gasteiger partial charge in [0.1, 0.15) is 24.5 Å². The third-order valence-electron chi connectivity index (χ3n) is 3.93. The average molecular weight is 274 g/mol. The molecule has 1 saturated carbocycles. The molecule has 1 aliphatic heterocycles. The van der Waals surface area contributed by atoms with E-state index in [0.29, 0.717) is 30.5 Å². The first-order valence-electron chi connectivity index (χ1n) is 6.61. The van der Waals surface area contributed by atoms with Crippen molar-refractivity contribution in [3.63, 3.8) is 0 Å². The van der Waals surface area contributed by atoms with Crippen LogP contribution < -0.4 is 9.47 Å². The van der Waals surface area contributed by atoms with Crippen LogP contribution in [0.2, 0.25) is 0 Å². The summed E-state index contributed by atoms with van der Waals surface area (Å²) in [6.45, 7) is 1.09. The Morgan fingerprint density at radius 3 is 2.65 bits per heavy atom. The molecule has 0 amide bonds. The van der Waals surface area contributed by atoms with Crippen molar-refractivity contribution >= 4 is 17.0 Å². The highest BCUT2D eigenvalue weighted by Crippen LogP contribution is 2.48. The standard InChI is InChI=1S/C14H14N2O4/c1-18-13(17)14(2-3-14)12-15-8-6-10-11(7-9(8)16-12)20-5-4-19-10/h6-7H,2-5H2,1H3,(H,15,16). The van der Waals surface area contributed by atoms with Gasteiger partial charge in [-0.15, -0.1) is 0 Å². The van der Waals surface area contributed by atoms with Crippen LogP contribution in [-0.2, 0) is 14.9 Å². The lowest BCUT2D eigenvalue weighted by atomic mass is 10.1. The van der Waals surface area contributed by atoms with Gasteiger partial charge in [0.05, 0.1) is 18.1 Å². The Kier molecular flexibility index (Phi) is 2.24. The molecule has 2 aliphatic rings. The Labute approximate surface area is 115 Å². The van der Waals surface area contributed by atoms with Gasteiger partial charge in [-0.2, -0.15) is 0 Å². The van der Waals surface area contributed by atoms with Crippen molar-refractivity contribution in [3.05, 3.63) is 18.0 Å². The summed E-state index contributed by atoms with van der Waals surface area (Å²) in [5.41, 5.74) is 1.04. The second kappa shape index (κ2) is 3.88. The van der Waals surface area contributed by atoms with E-state index in [0.717, 1.165) is 23.9 Å². The van der Waals surface area contributed by atoms with E-state index in [1.807, 2.05) is 12.1 Å². The first-order valence-corrected chi connectivity index (χ1v) is 6.61. The fourth-order valence-corrected chi connectivity index (χ4v) is 2.63. The van der Waals surface area contributed by atoms with Gasteiger partial charge in [-0.1, -0.05) is 0 Å². The third-order valence-corrected chi connectivity index (χ3v) is 3.93. The Morgan fingerprint density at radius 2 is 2.00 bits per heavy atom. The van der Waals surface area contributed by atoms with E-state index in [1.165, 1.54) is 7.11 Å². The number of imidazole rings is 1. The van der Waals surface area contributed by atoms with Crippen LogP contribution in [0.15, 0.2) is 12.1 Å². The third kappa shape index (κ3) is 1.51. The van der Waals surface area contributed by atoms with Crippen molar-refractivity contribution in [2.45, 2.75) is 18.3 Å². The van der Waals surface area contributed by atoms with E-state index in [9.17, 15) is 4.79 Å². The number of hydrogen-bond acceptors (Lipinski definition) is 5. The summed E-state index contributed by atoms with van der Waals surface area (Å²) in [6.07, 6.45) is 1.54. The number of aromatic amines is 1. The van der Waals surface area contributed by atoms with Crippen molar-refractivity contribution in [3.8, 4) is 11.5 Å². The van der Waals surface area contributed by atoms with Crippen molar-refractivity contribution in [1.82, 2.24) is 9.97 Å². The molecule has 1 fully saturated rings. The van der Waals surface area contributed by atoms with Crippen LogP contribution >= 0.6 is 0 Å². The number of carbonyl (C=O) groups is 1. The van der Waals surface area contributed by atoms with Gasteiger partial charge >= 0.3 is 5.97 Å². The Balaban J connectivity index is 1.81. The van der Waals surface area contributed by atoms with Crippen molar-refractivity contribution < 1.29 is 19.0 Å². The topological polar surface area (TPSA) is 73.4 Å². The van der Waals surface area contributed by atoms with Gasteiger partial charge < -0.3 is 19.2 Å². The highest BCUT2D eigenvalue weighted by molar-refractivity contribution is 5.88. The summed E-state index contributed by atoms with van der Waals surface area (Å²) in [5, 5.41) is 0. The minimum absolute atomic E-state index is 0.228. The quantitative estimate of drug-likeness (QED) is 0.841. The zero-order chi connectivity index (χ0) is 13.7. The van der Waals surface area contributed by atoms with E-state index >= 15 is 0 Å². The number of aromatic nitrogens is 2. The van der Waals surface area contributed by atoms with Gasteiger partial charge in [0.2, 0.25) is 0 Å². The molecule has 0 saturated heterocycles. The number of carbonyl (C=O) groups excluding carboxylic acids is 1. The van der Waals surface area contributed by atoms with Gasteiger partial charge in [0, 0.05) is 12.1 Å². The van der Waals surface area contributed by atoms with Crippen LogP contribution in [0.4, 0.5) is 0 Å². The minimum atomic E-state index is -0.587. The molecule has 1 aromatic heterocycles. The van der Waals surface area contributed by atoms with E-state index in [1.54, 1.807) is 0 Å². The molecule has 1 aliphatic carbocycles. The molecule has 6 nitrogen and oxygen atoms in total. The molecule has 0 unspecified atom stereocenters. The van der Waals surface area contributed by atoms with Crippen molar-refractivity contribution in [2.24, 2.45) is 0 Å². The van der Waals surface area contributed by atoms with Gasteiger partial charge in [-0.25, -0.2) is 4.98 Å². The Morgan fingerprint density at radius 1 is 1.30 bits per heavy atom. The van der Waals surface area contributed by atoms with Crippen LogP contribution in [0.1, 0.15) is 18.7 Å². The molecule has 0 radical (unpaired) electrons. The second-order valence-corrected chi connectivity index (χ2v) is 5.17. The smallest absolute Gasteiger partial charge is 0.319 e. The molecule has 2 aromatic rings. The number of fused-ring (bicyclic) bond motifs is 2. The minimum Gasteiger partial charge on any atom is -0.486 e. The summed E-state index contributed by atoms with van der Waals surface area (Å²) in [7, 11) is 1.41. The monoisotopic (exact) mass is 274 g/mol. The fraction of sp³-hybridized carbons (Fsp3) is 0.429. The largest absolute Gasteiger partial charge is 0.486 e. The SMILES string of the molecule is COC(=O)C1(c2nc3cc4c(cc3[nH]2)OCCO4)CC1. The van der Waals surface area contributed by atoms with E-state index in [2.05, 4.69) is 9.97 Å². The normalized spacial score (nSPS) is 18.9. The first-order chi connectivity index (χ1) is 9.73. The Hall–Kier alpha value is -2.24. The number of rotatable bonds is 2. The molecular formula is C14H14N2O4. The van der Waals surface area contributed by atoms with E-state index < -0.39 is 5.41 Å². The molecule has 0 bridgehead atoms. The first kappa shape index (κ1) is 11.6. The molecular weight excluding hydrogens is 260 g/mol. The number of nitrogens with one attached hydrogen (secondary N) is 1. The zero-order valence-electron chi connectivity index (χ0n) is 11.1. The number of benzene rings is 1. The van der Waals surface area contributed by atoms with Crippen LogP contribution in [0.25, 0.3) is 11.0 Å². The molecule has 0 spiro atoms. The number of nitrogens with zero attached hydrogens (tertiary/aromatic N) is 1. The maximum atomic E-state index is 11.9. The highest BCUT2D eigenvalue weighted by atomic mass is 16.6. The van der Waals surface area contributed by atoms with Crippen LogP contribution in [0, 0.1) is 0 Å². The molecule has 6 heteroatoms. The predicted molar refractivity (Wildman–Crippen MR) is 70.0 cm³/mol. The van der Waals surface area contributed by atoms with Gasteiger partial charge in [0.15, 0.2) is 11.5 Å². The Bertz CT molecular complexity index is 660.